The summed E-state index contributed by atoms with van der Waals surface area (Å²) in [5.74, 6) is 0. The summed E-state index contributed by atoms with van der Waals surface area (Å²) in [6.07, 6.45) is 11.0. The second-order valence-corrected chi connectivity index (χ2v) is 4.25. The van der Waals surface area contributed by atoms with E-state index in [-0.39, 0.29) is 0 Å². The van der Waals surface area contributed by atoms with E-state index in [9.17, 15) is 4.39 Å². The lowest BCUT2D eigenvalue weighted by Gasteiger charge is -2.22. The van der Waals surface area contributed by atoms with E-state index in [1.54, 1.807) is 0 Å². The molecule has 1 unspecified atom stereocenters. The van der Waals surface area contributed by atoms with E-state index in [2.05, 4.69) is 0 Å². The molecule has 0 amide bonds. The van der Waals surface area contributed by atoms with Gasteiger partial charge in [-0.15, -0.1) is 0 Å². The Balaban J connectivity index is 2.24. The fraction of sp³-hybridized carbons (Fsp3) is 0.538. The Kier molecular flexibility index (Phi) is 2.85. The van der Waals surface area contributed by atoms with Crippen LogP contribution in [0.4, 0.5) is 4.39 Å². The number of alkyl halides is 1. The molecule has 1 atom stereocenters. The molecule has 1 fully saturated rings. The van der Waals surface area contributed by atoms with E-state index < -0.39 is 6.17 Å². The second kappa shape index (κ2) is 4.12. The van der Waals surface area contributed by atoms with Gasteiger partial charge in [0.05, 0.1) is 0 Å². The first-order valence-corrected chi connectivity index (χ1v) is 5.50. The molecule has 0 radical (unpaired) electrons. The Hall–Kier alpha value is -0.850. The van der Waals surface area contributed by atoms with E-state index >= 15 is 0 Å². The molecule has 0 nitrogen and oxygen atoms in total. The first-order valence-electron chi connectivity index (χ1n) is 5.50. The molecule has 1 saturated carbocycles. The molecular formula is C13H17F. The van der Waals surface area contributed by atoms with E-state index in [4.69, 9.17) is 0 Å². The first kappa shape index (κ1) is 9.70. The minimum absolute atomic E-state index is 0.840. The van der Waals surface area contributed by atoms with E-state index in [1.807, 2.05) is 25.2 Å². The van der Waals surface area contributed by atoms with Gasteiger partial charge in [-0.25, -0.2) is 4.39 Å². The number of hydrogen-bond donors (Lipinski definition) is 0. The molecule has 14 heavy (non-hydrogen) atoms. The van der Waals surface area contributed by atoms with Gasteiger partial charge in [-0.05, 0) is 43.8 Å². The fourth-order valence-electron chi connectivity index (χ4n) is 2.28. The van der Waals surface area contributed by atoms with Gasteiger partial charge in [-0.3, -0.25) is 0 Å². The third kappa shape index (κ3) is 1.82. The molecule has 76 valence electrons. The summed E-state index contributed by atoms with van der Waals surface area (Å²) in [6.45, 7) is 1.87. The van der Waals surface area contributed by atoms with Crippen molar-refractivity contribution in [1.82, 2.24) is 0 Å². The van der Waals surface area contributed by atoms with Crippen LogP contribution in [0.2, 0.25) is 0 Å². The number of allylic oxidation sites excluding steroid dienone is 6. The zero-order valence-corrected chi connectivity index (χ0v) is 8.72. The van der Waals surface area contributed by atoms with Gasteiger partial charge < -0.3 is 0 Å². The summed E-state index contributed by atoms with van der Waals surface area (Å²) in [5, 5.41) is 0. The van der Waals surface area contributed by atoms with E-state index in [1.165, 1.54) is 24.8 Å². The van der Waals surface area contributed by atoms with Crippen LogP contribution in [-0.2, 0) is 0 Å². The van der Waals surface area contributed by atoms with Crippen LogP contribution in [0.5, 0.6) is 0 Å². The van der Waals surface area contributed by atoms with Gasteiger partial charge in [0.15, 0.2) is 0 Å². The van der Waals surface area contributed by atoms with Crippen molar-refractivity contribution in [3.63, 3.8) is 0 Å². The highest BCUT2D eigenvalue weighted by Gasteiger charge is 2.20. The predicted molar refractivity (Wildman–Crippen MR) is 57.9 cm³/mol. The molecule has 0 N–H and O–H groups in total. The van der Waals surface area contributed by atoms with Crippen LogP contribution in [0, 0.1) is 0 Å². The number of rotatable bonds is 0. The van der Waals surface area contributed by atoms with Crippen molar-refractivity contribution < 1.29 is 4.39 Å². The average molecular weight is 192 g/mol. The summed E-state index contributed by atoms with van der Waals surface area (Å²) in [7, 11) is 0. The molecule has 0 spiro atoms. The standard InChI is InChI=1S/C13H17F/c1-10-6-5-9-12(13(10)14)11-7-3-2-4-8-11/h5-6,9,13H,2-4,7-8H2,1H3. The van der Waals surface area contributed by atoms with E-state index in [0.717, 1.165) is 24.0 Å². The molecule has 0 aromatic heterocycles. The molecule has 2 aliphatic carbocycles. The van der Waals surface area contributed by atoms with Crippen molar-refractivity contribution >= 4 is 0 Å². The highest BCUT2D eigenvalue weighted by molar-refractivity contribution is 5.42. The van der Waals surface area contributed by atoms with Crippen LogP contribution in [0.3, 0.4) is 0 Å². The monoisotopic (exact) mass is 192 g/mol. The Morgan fingerprint density at radius 3 is 2.64 bits per heavy atom. The van der Waals surface area contributed by atoms with Gasteiger partial charge in [-0.2, -0.15) is 0 Å². The molecule has 0 saturated heterocycles. The number of hydrogen-bond acceptors (Lipinski definition) is 0. The van der Waals surface area contributed by atoms with Gasteiger partial charge in [0.25, 0.3) is 0 Å². The Morgan fingerprint density at radius 1 is 1.21 bits per heavy atom. The lowest BCUT2D eigenvalue weighted by atomic mass is 9.86. The highest BCUT2D eigenvalue weighted by atomic mass is 19.1. The third-order valence-corrected chi connectivity index (χ3v) is 3.17. The highest BCUT2D eigenvalue weighted by Crippen LogP contribution is 2.32. The molecular weight excluding hydrogens is 175 g/mol. The Labute approximate surface area is 85.2 Å². The van der Waals surface area contributed by atoms with Crippen LogP contribution in [-0.4, -0.2) is 6.17 Å². The van der Waals surface area contributed by atoms with Crippen molar-refractivity contribution in [3.05, 3.63) is 34.9 Å². The van der Waals surface area contributed by atoms with Gasteiger partial charge in [0.1, 0.15) is 6.17 Å². The van der Waals surface area contributed by atoms with Crippen LogP contribution < -0.4 is 0 Å². The van der Waals surface area contributed by atoms with Crippen molar-refractivity contribution in [1.29, 1.82) is 0 Å². The van der Waals surface area contributed by atoms with Crippen molar-refractivity contribution in [2.75, 3.05) is 0 Å². The lowest BCUT2D eigenvalue weighted by Crippen LogP contribution is -2.11. The average Bonchev–Trinajstić information content (AvgIpc) is 2.23. The maximum Gasteiger partial charge on any atom is 0.146 e. The van der Waals surface area contributed by atoms with Gasteiger partial charge in [-0.1, -0.05) is 30.2 Å². The van der Waals surface area contributed by atoms with Crippen LogP contribution in [0.15, 0.2) is 34.9 Å². The van der Waals surface area contributed by atoms with Gasteiger partial charge >= 0.3 is 0 Å². The molecule has 2 rings (SSSR count). The zero-order valence-electron chi connectivity index (χ0n) is 8.72. The van der Waals surface area contributed by atoms with Crippen molar-refractivity contribution in [2.24, 2.45) is 0 Å². The molecule has 2 aliphatic rings. The Morgan fingerprint density at radius 2 is 1.93 bits per heavy atom. The molecule has 1 heteroatoms. The summed E-state index contributed by atoms with van der Waals surface area (Å²) >= 11 is 0. The minimum Gasteiger partial charge on any atom is -0.237 e. The molecule has 0 aromatic rings. The summed E-state index contributed by atoms with van der Waals surface area (Å²) < 4.78 is 13.8. The zero-order chi connectivity index (χ0) is 9.97. The van der Waals surface area contributed by atoms with Gasteiger partial charge in [0.2, 0.25) is 0 Å². The summed E-state index contributed by atoms with van der Waals surface area (Å²) in [6, 6.07) is 0. The maximum absolute atomic E-state index is 13.8. The largest absolute Gasteiger partial charge is 0.237 e. The fourth-order valence-corrected chi connectivity index (χ4v) is 2.28. The normalized spacial score (nSPS) is 27.9. The van der Waals surface area contributed by atoms with Gasteiger partial charge in [0, 0.05) is 0 Å². The third-order valence-electron chi connectivity index (χ3n) is 3.17. The van der Waals surface area contributed by atoms with Crippen LogP contribution >= 0.6 is 0 Å². The molecule has 0 aliphatic heterocycles. The SMILES string of the molecule is CC1=CC=CC(=C2CCCCC2)C1F. The molecule has 0 bridgehead atoms. The molecule has 0 heterocycles. The number of halogens is 1. The van der Waals surface area contributed by atoms with Crippen molar-refractivity contribution in [2.45, 2.75) is 45.2 Å². The first-order chi connectivity index (χ1) is 6.79. The van der Waals surface area contributed by atoms with Crippen molar-refractivity contribution in [3.8, 4) is 0 Å². The van der Waals surface area contributed by atoms with Crippen LogP contribution in [0.25, 0.3) is 0 Å². The lowest BCUT2D eigenvalue weighted by molar-refractivity contribution is 0.427. The topological polar surface area (TPSA) is 0 Å². The predicted octanol–water partition coefficient (Wildman–Crippen LogP) is 4.10. The summed E-state index contributed by atoms with van der Waals surface area (Å²) in [4.78, 5) is 0. The second-order valence-electron chi connectivity index (χ2n) is 4.25. The minimum atomic E-state index is -0.840. The summed E-state index contributed by atoms with van der Waals surface area (Å²) in [5.41, 5.74) is 3.15. The quantitative estimate of drug-likeness (QED) is 0.542. The van der Waals surface area contributed by atoms with E-state index in [0.29, 0.717) is 0 Å². The Bertz CT molecular complexity index is 299. The maximum atomic E-state index is 13.8. The molecule has 0 aromatic carbocycles. The van der Waals surface area contributed by atoms with Crippen LogP contribution in [0.1, 0.15) is 39.0 Å². The smallest absolute Gasteiger partial charge is 0.146 e.